The Balaban J connectivity index is 2.05. The Labute approximate surface area is 115 Å². The van der Waals surface area contributed by atoms with Crippen LogP contribution in [-0.4, -0.2) is 11.8 Å². The molecule has 0 unspecified atom stereocenters. The molecule has 0 saturated carbocycles. The molecule has 0 aliphatic rings. The van der Waals surface area contributed by atoms with Gasteiger partial charge < -0.3 is 22.1 Å². The summed E-state index contributed by atoms with van der Waals surface area (Å²) in [5, 5.41) is 4.87. The first-order chi connectivity index (χ1) is 9.58. The molecule has 0 saturated heterocycles. The van der Waals surface area contributed by atoms with Crippen molar-refractivity contribution in [1.82, 2.24) is 0 Å². The van der Waals surface area contributed by atoms with Gasteiger partial charge >= 0.3 is 11.8 Å². The molecule has 0 aromatic heterocycles. The number of nitrogens with two attached hydrogens (primary N) is 2. The Hall–Kier alpha value is -3.02. The molecule has 0 bridgehead atoms. The van der Waals surface area contributed by atoms with Crippen LogP contribution >= 0.6 is 0 Å². The van der Waals surface area contributed by atoms with E-state index < -0.39 is 11.8 Å². The van der Waals surface area contributed by atoms with E-state index in [0.29, 0.717) is 22.7 Å². The van der Waals surface area contributed by atoms with E-state index in [-0.39, 0.29) is 0 Å². The maximum atomic E-state index is 11.8. The van der Waals surface area contributed by atoms with Crippen LogP contribution in [0.15, 0.2) is 48.5 Å². The fraction of sp³-hybridized carbons (Fsp3) is 0. The van der Waals surface area contributed by atoms with Gasteiger partial charge in [-0.1, -0.05) is 24.3 Å². The van der Waals surface area contributed by atoms with Crippen LogP contribution in [0.25, 0.3) is 0 Å². The number of nitrogens with one attached hydrogen (secondary N) is 2. The Morgan fingerprint density at radius 1 is 0.700 bits per heavy atom. The number of benzene rings is 2. The molecule has 6 heteroatoms. The molecule has 0 fully saturated rings. The van der Waals surface area contributed by atoms with Crippen LogP contribution in [0.2, 0.25) is 0 Å². The van der Waals surface area contributed by atoms with Crippen LogP contribution in [0.3, 0.4) is 0 Å². The minimum atomic E-state index is -0.814. The van der Waals surface area contributed by atoms with E-state index in [0.717, 1.165) is 0 Å². The summed E-state index contributed by atoms with van der Waals surface area (Å²) in [6, 6.07) is 13.4. The molecule has 6 nitrogen and oxygen atoms in total. The first-order valence-corrected chi connectivity index (χ1v) is 5.89. The predicted octanol–water partition coefficient (Wildman–Crippen LogP) is 1.43. The fourth-order valence-electron chi connectivity index (χ4n) is 1.58. The number of hydrogen-bond donors (Lipinski definition) is 4. The number of amides is 2. The zero-order valence-electron chi connectivity index (χ0n) is 10.6. The monoisotopic (exact) mass is 270 g/mol. The minimum Gasteiger partial charge on any atom is -0.397 e. The van der Waals surface area contributed by atoms with Crippen molar-refractivity contribution in [3.05, 3.63) is 48.5 Å². The molecule has 0 aliphatic carbocycles. The molecule has 102 valence electrons. The van der Waals surface area contributed by atoms with Gasteiger partial charge in [-0.05, 0) is 24.3 Å². The van der Waals surface area contributed by atoms with Crippen LogP contribution in [0.4, 0.5) is 22.7 Å². The molecule has 2 amide bonds. The van der Waals surface area contributed by atoms with Crippen LogP contribution < -0.4 is 22.1 Å². The van der Waals surface area contributed by atoms with Gasteiger partial charge in [0.25, 0.3) is 0 Å². The van der Waals surface area contributed by atoms with Crippen LogP contribution in [0, 0.1) is 0 Å². The van der Waals surface area contributed by atoms with Crippen molar-refractivity contribution < 1.29 is 9.59 Å². The lowest BCUT2D eigenvalue weighted by Crippen LogP contribution is -2.29. The molecule has 20 heavy (non-hydrogen) atoms. The van der Waals surface area contributed by atoms with Crippen LogP contribution in [-0.2, 0) is 9.59 Å². The molecule has 2 aromatic rings. The lowest BCUT2D eigenvalue weighted by atomic mass is 10.2. The van der Waals surface area contributed by atoms with Gasteiger partial charge in [-0.25, -0.2) is 0 Å². The second-order valence-electron chi connectivity index (χ2n) is 4.08. The van der Waals surface area contributed by atoms with E-state index in [1.165, 1.54) is 0 Å². The maximum Gasteiger partial charge on any atom is 0.314 e. The summed E-state index contributed by atoms with van der Waals surface area (Å²) < 4.78 is 0. The van der Waals surface area contributed by atoms with Crippen molar-refractivity contribution in [3.63, 3.8) is 0 Å². The summed E-state index contributed by atoms with van der Waals surface area (Å²) in [6.07, 6.45) is 0. The lowest BCUT2D eigenvalue weighted by molar-refractivity contribution is -0.132. The van der Waals surface area contributed by atoms with Crippen molar-refractivity contribution in [1.29, 1.82) is 0 Å². The molecular weight excluding hydrogens is 256 g/mol. The van der Waals surface area contributed by atoms with Gasteiger partial charge in [0.15, 0.2) is 0 Å². The van der Waals surface area contributed by atoms with E-state index in [2.05, 4.69) is 10.6 Å². The first-order valence-electron chi connectivity index (χ1n) is 5.89. The Bertz CT molecular complexity index is 598. The number of anilines is 4. The van der Waals surface area contributed by atoms with Gasteiger partial charge in [0.1, 0.15) is 0 Å². The Kier molecular flexibility index (Phi) is 3.85. The second-order valence-corrected chi connectivity index (χ2v) is 4.08. The summed E-state index contributed by atoms with van der Waals surface area (Å²) in [7, 11) is 0. The Morgan fingerprint density at radius 2 is 1.05 bits per heavy atom. The summed E-state index contributed by atoms with van der Waals surface area (Å²) in [5.74, 6) is -1.63. The molecule has 6 N–H and O–H groups in total. The van der Waals surface area contributed by atoms with Crippen LogP contribution in [0.5, 0.6) is 0 Å². The fourth-order valence-corrected chi connectivity index (χ4v) is 1.58. The van der Waals surface area contributed by atoms with Crippen LogP contribution in [0.1, 0.15) is 0 Å². The number of nitrogen functional groups attached to an aromatic ring is 2. The SMILES string of the molecule is Nc1ccccc1NC(=O)C(=O)Nc1ccccc1N. The quantitative estimate of drug-likeness (QED) is 0.488. The van der Waals surface area contributed by atoms with Crippen molar-refractivity contribution in [2.45, 2.75) is 0 Å². The third-order valence-corrected chi connectivity index (χ3v) is 2.62. The highest BCUT2D eigenvalue weighted by Crippen LogP contribution is 2.18. The Morgan fingerprint density at radius 3 is 1.40 bits per heavy atom. The van der Waals surface area contributed by atoms with E-state index in [1.54, 1.807) is 48.5 Å². The zero-order chi connectivity index (χ0) is 14.5. The summed E-state index contributed by atoms with van der Waals surface area (Å²) in [6.45, 7) is 0. The maximum absolute atomic E-state index is 11.8. The molecule has 0 spiro atoms. The molecule has 0 radical (unpaired) electrons. The zero-order valence-corrected chi connectivity index (χ0v) is 10.6. The average molecular weight is 270 g/mol. The van der Waals surface area contributed by atoms with Crippen molar-refractivity contribution in [3.8, 4) is 0 Å². The molecular formula is C14H14N4O2. The van der Waals surface area contributed by atoms with E-state index in [4.69, 9.17) is 11.5 Å². The molecule has 2 rings (SSSR count). The average Bonchev–Trinajstić information content (AvgIpc) is 2.43. The normalized spacial score (nSPS) is 9.80. The molecule has 0 aliphatic heterocycles. The number of carbonyl (C=O) groups excluding carboxylic acids is 2. The van der Waals surface area contributed by atoms with E-state index in [1.807, 2.05) is 0 Å². The highest BCUT2D eigenvalue weighted by Gasteiger charge is 2.15. The van der Waals surface area contributed by atoms with E-state index in [9.17, 15) is 9.59 Å². The highest BCUT2D eigenvalue weighted by atomic mass is 16.2. The smallest absolute Gasteiger partial charge is 0.314 e. The van der Waals surface area contributed by atoms with Crippen molar-refractivity contribution in [2.75, 3.05) is 22.1 Å². The topological polar surface area (TPSA) is 110 Å². The summed E-state index contributed by atoms with van der Waals surface area (Å²) >= 11 is 0. The molecule has 0 heterocycles. The van der Waals surface area contributed by atoms with Gasteiger partial charge in [-0.15, -0.1) is 0 Å². The van der Waals surface area contributed by atoms with Gasteiger partial charge in [-0.2, -0.15) is 0 Å². The number of carbonyl (C=O) groups is 2. The minimum absolute atomic E-state index is 0.382. The van der Waals surface area contributed by atoms with Gasteiger partial charge in [0.2, 0.25) is 0 Å². The number of rotatable bonds is 2. The van der Waals surface area contributed by atoms with Gasteiger partial charge in [-0.3, -0.25) is 9.59 Å². The summed E-state index contributed by atoms with van der Waals surface area (Å²) in [4.78, 5) is 23.5. The standard InChI is InChI=1S/C14H14N4O2/c15-9-5-1-3-7-11(9)17-13(19)14(20)18-12-8-4-2-6-10(12)16/h1-8H,15-16H2,(H,17,19)(H,18,20). The van der Waals surface area contributed by atoms with Crippen molar-refractivity contribution >= 4 is 34.6 Å². The van der Waals surface area contributed by atoms with Gasteiger partial charge in [0.05, 0.1) is 22.7 Å². The van der Waals surface area contributed by atoms with Crippen molar-refractivity contribution in [2.24, 2.45) is 0 Å². The van der Waals surface area contributed by atoms with Gasteiger partial charge in [0, 0.05) is 0 Å². The number of hydrogen-bond acceptors (Lipinski definition) is 4. The predicted molar refractivity (Wildman–Crippen MR) is 79.0 cm³/mol. The number of para-hydroxylation sites is 4. The largest absolute Gasteiger partial charge is 0.397 e. The third-order valence-electron chi connectivity index (χ3n) is 2.62. The summed E-state index contributed by atoms with van der Waals surface area (Å²) in [5.41, 5.74) is 12.9. The van der Waals surface area contributed by atoms with E-state index >= 15 is 0 Å². The lowest BCUT2D eigenvalue weighted by Gasteiger charge is -2.09. The molecule has 2 aromatic carbocycles. The highest BCUT2D eigenvalue weighted by molar-refractivity contribution is 6.44. The second kappa shape index (κ2) is 5.75. The molecule has 0 atom stereocenters. The third kappa shape index (κ3) is 3.05. The first kappa shape index (κ1) is 13.4.